The average Bonchev–Trinajstić information content (AvgIpc) is 3.06. The van der Waals surface area contributed by atoms with Gasteiger partial charge in [-0.2, -0.15) is 0 Å². The summed E-state index contributed by atoms with van der Waals surface area (Å²) in [4.78, 5) is 12.1. The summed E-state index contributed by atoms with van der Waals surface area (Å²) in [5, 5.41) is 7.85. The Balaban J connectivity index is 1.64. The van der Waals surface area contributed by atoms with Crippen LogP contribution in [0.15, 0.2) is 28.7 Å². The summed E-state index contributed by atoms with van der Waals surface area (Å²) in [6.07, 6.45) is 4.51. The maximum absolute atomic E-state index is 12.9. The molecular weight excluding hydrogens is 299 g/mol. The fourth-order valence-electron chi connectivity index (χ4n) is 2.77. The molecule has 6 heteroatoms. The second-order valence-corrected chi connectivity index (χ2v) is 5.87. The Hall–Kier alpha value is -2.24. The molecule has 1 aromatic carbocycles. The molecule has 122 valence electrons. The number of hydrogen-bond donors (Lipinski definition) is 0. The first-order valence-electron chi connectivity index (χ1n) is 7.93. The van der Waals surface area contributed by atoms with Crippen LogP contribution in [0.3, 0.4) is 0 Å². The zero-order valence-corrected chi connectivity index (χ0v) is 13.0. The van der Waals surface area contributed by atoms with Gasteiger partial charge < -0.3 is 9.15 Å². The lowest BCUT2D eigenvalue weighted by molar-refractivity contribution is -0.155. The van der Waals surface area contributed by atoms with E-state index in [1.54, 1.807) is 19.1 Å². The van der Waals surface area contributed by atoms with Gasteiger partial charge in [-0.3, -0.25) is 4.79 Å². The molecule has 2 aromatic rings. The number of rotatable bonds is 4. The molecule has 1 saturated carbocycles. The summed E-state index contributed by atoms with van der Waals surface area (Å²) < 4.78 is 23.9. The normalized spacial score (nSPS) is 17.0. The predicted octanol–water partition coefficient (Wildman–Crippen LogP) is 4.06. The fraction of sp³-hybridized carbons (Fsp3) is 0.471. The van der Waals surface area contributed by atoms with Crippen molar-refractivity contribution in [2.45, 2.75) is 45.1 Å². The lowest BCUT2D eigenvalue weighted by atomic mass is 9.89. The highest BCUT2D eigenvalue weighted by Crippen LogP contribution is 2.28. The van der Waals surface area contributed by atoms with E-state index >= 15 is 0 Å². The molecule has 1 fully saturated rings. The van der Waals surface area contributed by atoms with Gasteiger partial charge in [0.05, 0.1) is 5.92 Å². The van der Waals surface area contributed by atoms with Crippen LogP contribution in [-0.2, 0) is 9.53 Å². The topological polar surface area (TPSA) is 65.2 Å². The highest BCUT2D eigenvalue weighted by atomic mass is 19.1. The molecule has 0 bridgehead atoms. The summed E-state index contributed by atoms with van der Waals surface area (Å²) in [5.74, 6) is -0.0262. The third-order valence-corrected chi connectivity index (χ3v) is 4.11. The van der Waals surface area contributed by atoms with Gasteiger partial charge in [0, 0.05) is 5.56 Å². The maximum Gasteiger partial charge on any atom is 0.309 e. The first kappa shape index (κ1) is 15.6. The van der Waals surface area contributed by atoms with Crippen molar-refractivity contribution in [3.63, 3.8) is 0 Å². The van der Waals surface area contributed by atoms with Crippen LogP contribution in [0.25, 0.3) is 11.5 Å². The van der Waals surface area contributed by atoms with Crippen LogP contribution in [0.1, 0.15) is 51.0 Å². The Morgan fingerprint density at radius 2 is 1.91 bits per heavy atom. The fourth-order valence-corrected chi connectivity index (χ4v) is 2.77. The van der Waals surface area contributed by atoms with E-state index in [0.29, 0.717) is 5.56 Å². The van der Waals surface area contributed by atoms with Gasteiger partial charge in [-0.05, 0) is 44.0 Å². The number of halogens is 1. The van der Waals surface area contributed by atoms with Gasteiger partial charge in [0.25, 0.3) is 5.89 Å². The van der Waals surface area contributed by atoms with Gasteiger partial charge in [-0.15, -0.1) is 10.2 Å². The van der Waals surface area contributed by atoms with Crippen molar-refractivity contribution in [3.8, 4) is 11.5 Å². The number of nitrogens with zero attached hydrogens (tertiary/aromatic N) is 2. The Labute approximate surface area is 133 Å². The standard InChI is InChI=1S/C17H19FN2O3/c1-11(22-17(21)13-5-3-2-4-6-13)15-19-20-16(23-15)12-7-9-14(18)10-8-12/h7-11,13H,2-6H2,1H3/t11-/m1/s1. The quantitative estimate of drug-likeness (QED) is 0.795. The second-order valence-electron chi connectivity index (χ2n) is 5.87. The third-order valence-electron chi connectivity index (χ3n) is 4.11. The molecule has 5 nitrogen and oxygen atoms in total. The van der Waals surface area contributed by atoms with Crippen molar-refractivity contribution < 1.29 is 18.3 Å². The Kier molecular flexibility index (Phi) is 4.69. The molecule has 1 aliphatic carbocycles. The molecule has 0 unspecified atom stereocenters. The average molecular weight is 318 g/mol. The highest BCUT2D eigenvalue weighted by Gasteiger charge is 2.26. The molecule has 0 N–H and O–H groups in total. The summed E-state index contributed by atoms with van der Waals surface area (Å²) in [6, 6.07) is 5.77. The molecular formula is C17H19FN2O3. The van der Waals surface area contributed by atoms with Gasteiger partial charge in [0.15, 0.2) is 6.10 Å². The number of carbonyl (C=O) groups is 1. The van der Waals surface area contributed by atoms with Crippen LogP contribution < -0.4 is 0 Å². The molecule has 1 aliphatic rings. The second kappa shape index (κ2) is 6.89. The van der Waals surface area contributed by atoms with Crippen molar-refractivity contribution in [1.29, 1.82) is 0 Å². The lowest BCUT2D eigenvalue weighted by Gasteiger charge is -2.21. The van der Waals surface area contributed by atoms with Gasteiger partial charge in [-0.1, -0.05) is 19.3 Å². The highest BCUT2D eigenvalue weighted by molar-refractivity contribution is 5.72. The van der Waals surface area contributed by atoms with E-state index in [-0.39, 0.29) is 29.5 Å². The molecule has 3 rings (SSSR count). The van der Waals surface area contributed by atoms with Crippen LogP contribution >= 0.6 is 0 Å². The zero-order valence-electron chi connectivity index (χ0n) is 13.0. The number of benzene rings is 1. The van der Waals surface area contributed by atoms with Crippen LogP contribution in [0.5, 0.6) is 0 Å². The van der Waals surface area contributed by atoms with Gasteiger partial charge in [0.2, 0.25) is 5.89 Å². The minimum Gasteiger partial charge on any atom is -0.452 e. The minimum atomic E-state index is -0.592. The Morgan fingerprint density at radius 3 is 2.61 bits per heavy atom. The van der Waals surface area contributed by atoms with Crippen molar-refractivity contribution in [2.24, 2.45) is 5.92 Å². The van der Waals surface area contributed by atoms with Gasteiger partial charge in [0.1, 0.15) is 5.82 Å². The van der Waals surface area contributed by atoms with E-state index in [1.165, 1.54) is 18.6 Å². The SMILES string of the molecule is C[C@@H](OC(=O)C1CCCCC1)c1nnc(-c2ccc(F)cc2)o1. The monoisotopic (exact) mass is 318 g/mol. The molecule has 0 spiro atoms. The van der Waals surface area contributed by atoms with E-state index < -0.39 is 6.10 Å². The Bertz CT molecular complexity index is 663. The van der Waals surface area contributed by atoms with E-state index in [1.807, 2.05) is 0 Å². The van der Waals surface area contributed by atoms with Crippen molar-refractivity contribution >= 4 is 5.97 Å². The van der Waals surface area contributed by atoms with Crippen molar-refractivity contribution in [2.75, 3.05) is 0 Å². The van der Waals surface area contributed by atoms with Crippen LogP contribution in [0.4, 0.5) is 4.39 Å². The summed E-state index contributed by atoms with van der Waals surface area (Å²) in [5.41, 5.74) is 0.621. The largest absolute Gasteiger partial charge is 0.452 e. The number of ether oxygens (including phenoxy) is 1. The number of aromatic nitrogens is 2. The molecule has 0 amide bonds. The summed E-state index contributed by atoms with van der Waals surface area (Å²) in [7, 11) is 0. The summed E-state index contributed by atoms with van der Waals surface area (Å²) >= 11 is 0. The molecule has 23 heavy (non-hydrogen) atoms. The molecule has 0 aliphatic heterocycles. The molecule has 1 atom stereocenters. The van der Waals surface area contributed by atoms with Crippen LogP contribution in [0.2, 0.25) is 0 Å². The smallest absolute Gasteiger partial charge is 0.309 e. The number of carbonyl (C=O) groups excluding carboxylic acids is 1. The number of esters is 1. The van der Waals surface area contributed by atoms with E-state index in [0.717, 1.165) is 25.7 Å². The number of hydrogen-bond acceptors (Lipinski definition) is 5. The lowest BCUT2D eigenvalue weighted by Crippen LogP contribution is -2.21. The first-order chi connectivity index (χ1) is 11.1. The predicted molar refractivity (Wildman–Crippen MR) is 80.8 cm³/mol. The zero-order chi connectivity index (χ0) is 16.2. The van der Waals surface area contributed by atoms with Crippen molar-refractivity contribution in [3.05, 3.63) is 36.0 Å². The summed E-state index contributed by atoms with van der Waals surface area (Å²) in [6.45, 7) is 1.71. The molecule has 0 radical (unpaired) electrons. The molecule has 1 aromatic heterocycles. The first-order valence-corrected chi connectivity index (χ1v) is 7.93. The van der Waals surface area contributed by atoms with Crippen LogP contribution in [0, 0.1) is 11.7 Å². The van der Waals surface area contributed by atoms with Gasteiger partial charge >= 0.3 is 5.97 Å². The molecule has 1 heterocycles. The van der Waals surface area contributed by atoms with Crippen molar-refractivity contribution in [1.82, 2.24) is 10.2 Å². The van der Waals surface area contributed by atoms with E-state index in [2.05, 4.69) is 10.2 Å². The molecule has 0 saturated heterocycles. The Morgan fingerprint density at radius 1 is 1.22 bits per heavy atom. The van der Waals surface area contributed by atoms with E-state index in [4.69, 9.17) is 9.15 Å². The maximum atomic E-state index is 12.9. The minimum absolute atomic E-state index is 0.0225. The van der Waals surface area contributed by atoms with Crippen LogP contribution in [-0.4, -0.2) is 16.2 Å². The third kappa shape index (κ3) is 3.75. The van der Waals surface area contributed by atoms with E-state index in [9.17, 15) is 9.18 Å². The van der Waals surface area contributed by atoms with Gasteiger partial charge in [-0.25, -0.2) is 4.39 Å².